The molecule has 1 aliphatic rings. The number of hydrogen-bond acceptors (Lipinski definition) is 4. The summed E-state index contributed by atoms with van der Waals surface area (Å²) in [6, 6.07) is 1.78. The Morgan fingerprint density at radius 3 is 2.88 bits per heavy atom. The minimum atomic E-state index is -1.02. The highest BCUT2D eigenvalue weighted by atomic mass is 16.4. The number of carbonyl (C=O) groups is 1. The maximum atomic E-state index is 10.9. The second-order valence-electron chi connectivity index (χ2n) is 4.34. The molecule has 5 nitrogen and oxygen atoms in total. The van der Waals surface area contributed by atoms with E-state index >= 15 is 0 Å². The smallest absolute Gasteiger partial charge is 0.337 e. The van der Waals surface area contributed by atoms with Crippen LogP contribution in [-0.2, 0) is 0 Å². The number of aromatic nitrogens is 1. The van der Waals surface area contributed by atoms with Gasteiger partial charge in [-0.25, -0.2) is 9.78 Å². The van der Waals surface area contributed by atoms with Crippen molar-refractivity contribution >= 4 is 17.5 Å². The Hall–Kier alpha value is -1.78. The van der Waals surface area contributed by atoms with Crippen LogP contribution < -0.4 is 11.1 Å². The SMILES string of the molecule is CC1CC(Nc2nccc(C(=O)O)c2N)C1. The molecule has 1 heterocycles. The van der Waals surface area contributed by atoms with Crippen LogP contribution in [0.4, 0.5) is 11.5 Å². The predicted octanol–water partition coefficient (Wildman–Crippen LogP) is 1.57. The molecule has 1 aliphatic carbocycles. The average Bonchev–Trinajstić information content (AvgIpc) is 2.18. The number of carboxylic acid groups (broad SMARTS) is 1. The molecule has 0 amide bonds. The molecule has 0 saturated heterocycles. The maximum Gasteiger partial charge on any atom is 0.337 e. The fourth-order valence-corrected chi connectivity index (χ4v) is 1.99. The Morgan fingerprint density at radius 1 is 1.62 bits per heavy atom. The molecule has 0 aromatic carbocycles. The molecule has 0 spiro atoms. The fraction of sp³-hybridized carbons (Fsp3) is 0.455. The second kappa shape index (κ2) is 4.00. The van der Waals surface area contributed by atoms with Crippen molar-refractivity contribution in [2.45, 2.75) is 25.8 Å². The second-order valence-corrected chi connectivity index (χ2v) is 4.34. The highest BCUT2D eigenvalue weighted by Crippen LogP contribution is 2.31. The molecule has 1 saturated carbocycles. The van der Waals surface area contributed by atoms with Gasteiger partial charge >= 0.3 is 5.97 Å². The summed E-state index contributed by atoms with van der Waals surface area (Å²) in [7, 11) is 0. The molecule has 0 unspecified atom stereocenters. The highest BCUT2D eigenvalue weighted by Gasteiger charge is 2.26. The van der Waals surface area contributed by atoms with Crippen LogP contribution in [-0.4, -0.2) is 22.1 Å². The van der Waals surface area contributed by atoms with Gasteiger partial charge in [0.1, 0.15) is 5.82 Å². The minimum absolute atomic E-state index is 0.102. The summed E-state index contributed by atoms with van der Waals surface area (Å²) < 4.78 is 0. The lowest BCUT2D eigenvalue weighted by atomic mass is 9.82. The lowest BCUT2D eigenvalue weighted by Crippen LogP contribution is -2.34. The third kappa shape index (κ3) is 1.93. The first kappa shape index (κ1) is 10.7. The number of nitrogen functional groups attached to an aromatic ring is 1. The van der Waals surface area contributed by atoms with Crippen LogP contribution in [0.5, 0.6) is 0 Å². The molecule has 4 N–H and O–H groups in total. The Labute approximate surface area is 93.7 Å². The zero-order chi connectivity index (χ0) is 11.7. The molecular formula is C11H15N3O2. The van der Waals surface area contributed by atoms with Crippen LogP contribution in [0.1, 0.15) is 30.1 Å². The van der Waals surface area contributed by atoms with Gasteiger partial charge in [0.25, 0.3) is 0 Å². The lowest BCUT2D eigenvalue weighted by molar-refractivity contribution is 0.0698. The van der Waals surface area contributed by atoms with Gasteiger partial charge in [0.05, 0.1) is 11.3 Å². The van der Waals surface area contributed by atoms with Gasteiger partial charge in [-0.15, -0.1) is 0 Å². The van der Waals surface area contributed by atoms with E-state index in [0.717, 1.165) is 18.8 Å². The molecule has 0 aliphatic heterocycles. The average molecular weight is 221 g/mol. The van der Waals surface area contributed by atoms with Crippen LogP contribution >= 0.6 is 0 Å². The van der Waals surface area contributed by atoms with Crippen molar-refractivity contribution in [3.63, 3.8) is 0 Å². The van der Waals surface area contributed by atoms with E-state index in [9.17, 15) is 4.79 Å². The zero-order valence-corrected chi connectivity index (χ0v) is 9.10. The first-order valence-corrected chi connectivity index (χ1v) is 5.32. The zero-order valence-electron chi connectivity index (χ0n) is 9.10. The van der Waals surface area contributed by atoms with E-state index in [4.69, 9.17) is 10.8 Å². The molecule has 1 aromatic heterocycles. The summed E-state index contributed by atoms with van der Waals surface area (Å²) in [6.45, 7) is 2.18. The minimum Gasteiger partial charge on any atom is -0.478 e. The van der Waals surface area contributed by atoms with Gasteiger partial charge < -0.3 is 16.2 Å². The molecule has 86 valence electrons. The van der Waals surface area contributed by atoms with Crippen molar-refractivity contribution in [2.24, 2.45) is 5.92 Å². The van der Waals surface area contributed by atoms with Gasteiger partial charge in [0.15, 0.2) is 0 Å². The number of nitrogens with two attached hydrogens (primary N) is 1. The van der Waals surface area contributed by atoms with Crippen LogP contribution in [0.25, 0.3) is 0 Å². The Morgan fingerprint density at radius 2 is 2.31 bits per heavy atom. The lowest BCUT2D eigenvalue weighted by Gasteiger charge is -2.33. The van der Waals surface area contributed by atoms with E-state index in [1.165, 1.54) is 12.3 Å². The number of hydrogen-bond donors (Lipinski definition) is 3. The monoisotopic (exact) mass is 221 g/mol. The van der Waals surface area contributed by atoms with Crippen molar-refractivity contribution in [1.82, 2.24) is 4.98 Å². The normalized spacial score (nSPS) is 23.6. The predicted molar refractivity (Wildman–Crippen MR) is 61.4 cm³/mol. The topological polar surface area (TPSA) is 88.2 Å². The summed E-state index contributed by atoms with van der Waals surface area (Å²) in [5.74, 6) is 0.183. The van der Waals surface area contributed by atoms with Gasteiger partial charge in [-0.3, -0.25) is 0 Å². The molecule has 5 heteroatoms. The number of nitrogens with zero attached hydrogens (tertiary/aromatic N) is 1. The fourth-order valence-electron chi connectivity index (χ4n) is 1.99. The Bertz CT molecular complexity index is 414. The Balaban J connectivity index is 2.15. The van der Waals surface area contributed by atoms with E-state index in [1.807, 2.05) is 0 Å². The van der Waals surface area contributed by atoms with Crippen LogP contribution in [0, 0.1) is 5.92 Å². The largest absolute Gasteiger partial charge is 0.478 e. The van der Waals surface area contributed by atoms with Gasteiger partial charge in [-0.05, 0) is 24.8 Å². The number of nitrogens with one attached hydrogen (secondary N) is 1. The van der Waals surface area contributed by atoms with Crippen LogP contribution in [0.15, 0.2) is 12.3 Å². The first-order valence-electron chi connectivity index (χ1n) is 5.32. The van der Waals surface area contributed by atoms with Crippen molar-refractivity contribution in [1.29, 1.82) is 0 Å². The van der Waals surface area contributed by atoms with E-state index in [2.05, 4.69) is 17.2 Å². The number of aromatic carboxylic acids is 1. The molecule has 16 heavy (non-hydrogen) atoms. The summed E-state index contributed by atoms with van der Waals surface area (Å²) in [5.41, 5.74) is 6.06. The maximum absolute atomic E-state index is 10.9. The molecule has 0 atom stereocenters. The first-order chi connectivity index (χ1) is 7.58. The summed E-state index contributed by atoms with van der Waals surface area (Å²) in [4.78, 5) is 14.9. The van der Waals surface area contributed by atoms with Gasteiger partial charge in [-0.2, -0.15) is 0 Å². The molecular weight excluding hydrogens is 206 g/mol. The summed E-state index contributed by atoms with van der Waals surface area (Å²) in [6.07, 6.45) is 3.63. The van der Waals surface area contributed by atoms with E-state index in [1.54, 1.807) is 0 Å². The summed E-state index contributed by atoms with van der Waals surface area (Å²) in [5, 5.41) is 12.1. The number of carboxylic acids is 1. The molecule has 1 aromatic rings. The molecule has 0 bridgehead atoms. The number of anilines is 2. The van der Waals surface area contributed by atoms with E-state index in [-0.39, 0.29) is 11.3 Å². The number of rotatable bonds is 3. The third-order valence-corrected chi connectivity index (χ3v) is 2.94. The third-order valence-electron chi connectivity index (χ3n) is 2.94. The van der Waals surface area contributed by atoms with Crippen molar-refractivity contribution in [3.05, 3.63) is 17.8 Å². The van der Waals surface area contributed by atoms with Crippen molar-refractivity contribution < 1.29 is 9.90 Å². The van der Waals surface area contributed by atoms with Crippen LogP contribution in [0.2, 0.25) is 0 Å². The quantitative estimate of drug-likeness (QED) is 0.721. The van der Waals surface area contributed by atoms with Crippen molar-refractivity contribution in [2.75, 3.05) is 11.1 Å². The standard InChI is InChI=1S/C11H15N3O2/c1-6-4-7(5-6)14-10-9(12)8(11(15)16)2-3-13-10/h2-3,6-7H,4-5,12H2,1H3,(H,13,14)(H,15,16). The van der Waals surface area contributed by atoms with Gasteiger partial charge in [0, 0.05) is 12.2 Å². The van der Waals surface area contributed by atoms with E-state index in [0.29, 0.717) is 11.9 Å². The van der Waals surface area contributed by atoms with Gasteiger partial charge in [0.2, 0.25) is 0 Å². The van der Waals surface area contributed by atoms with Crippen molar-refractivity contribution in [3.8, 4) is 0 Å². The highest BCUT2D eigenvalue weighted by molar-refractivity contribution is 5.96. The molecule has 2 rings (SSSR count). The molecule has 1 fully saturated rings. The summed E-state index contributed by atoms with van der Waals surface area (Å²) >= 11 is 0. The van der Waals surface area contributed by atoms with Crippen LogP contribution in [0.3, 0.4) is 0 Å². The Kier molecular flexibility index (Phi) is 2.68. The number of pyridine rings is 1. The van der Waals surface area contributed by atoms with E-state index < -0.39 is 5.97 Å². The van der Waals surface area contributed by atoms with Gasteiger partial charge in [-0.1, -0.05) is 6.92 Å². The molecule has 0 radical (unpaired) electrons.